The number of hydrogen-bond acceptors (Lipinski definition) is 5. The van der Waals surface area contributed by atoms with E-state index in [1.165, 1.54) is 22.7 Å². The summed E-state index contributed by atoms with van der Waals surface area (Å²) >= 11 is 1.29. The first-order valence-corrected chi connectivity index (χ1v) is 9.94. The van der Waals surface area contributed by atoms with Crippen LogP contribution in [0.2, 0.25) is 0 Å². The number of allylic oxidation sites excluding steroid dienone is 1. The summed E-state index contributed by atoms with van der Waals surface area (Å²) in [6.45, 7) is 15.0. The van der Waals surface area contributed by atoms with Gasteiger partial charge >= 0.3 is 0 Å². The summed E-state index contributed by atoms with van der Waals surface area (Å²) in [5.41, 5.74) is 3.88. The molecule has 0 bridgehead atoms. The lowest BCUT2D eigenvalue weighted by Gasteiger charge is -2.16. The minimum absolute atomic E-state index is 0. The molecule has 0 saturated carbocycles. The van der Waals surface area contributed by atoms with E-state index in [1.807, 2.05) is 6.08 Å². The second-order valence-electron chi connectivity index (χ2n) is 7.91. The van der Waals surface area contributed by atoms with Gasteiger partial charge in [-0.15, -0.1) is 12.4 Å². The highest BCUT2D eigenvalue weighted by atomic mass is 35.5. The Hall–Kier alpha value is -1.43. The maximum absolute atomic E-state index is 6.00. The van der Waals surface area contributed by atoms with Crippen LogP contribution in [0.3, 0.4) is 0 Å². The predicted octanol–water partition coefficient (Wildman–Crippen LogP) is 5.92. The SMILES string of the molecule is CCN(C)CCc1cc(C)c(Oc2nc(/C=C/C(C)(C)C)ns2)cc1C.Cl. The van der Waals surface area contributed by atoms with Crippen molar-refractivity contribution >= 4 is 30.0 Å². The van der Waals surface area contributed by atoms with Crippen molar-refractivity contribution in [3.63, 3.8) is 0 Å². The normalized spacial score (nSPS) is 11.9. The Kier molecular flexibility index (Phi) is 8.92. The van der Waals surface area contributed by atoms with Crippen molar-refractivity contribution in [2.45, 2.75) is 48.0 Å². The molecule has 0 saturated heterocycles. The van der Waals surface area contributed by atoms with Gasteiger partial charge in [0.2, 0.25) is 0 Å². The standard InChI is InChI=1S/C21H31N3OS.ClH/c1-8-24(7)12-10-17-13-16(3)18(14-15(17)2)25-20-22-19(23-26-20)9-11-21(4,5)6;/h9,11,13-14H,8,10,12H2,1-7H3;1H/b11-9+;. The van der Waals surface area contributed by atoms with Crippen LogP contribution < -0.4 is 4.74 Å². The molecule has 4 nitrogen and oxygen atoms in total. The van der Waals surface area contributed by atoms with Crippen LogP contribution in [0.1, 0.15) is 50.2 Å². The van der Waals surface area contributed by atoms with E-state index in [9.17, 15) is 0 Å². The summed E-state index contributed by atoms with van der Waals surface area (Å²) in [6, 6.07) is 4.35. The van der Waals surface area contributed by atoms with Gasteiger partial charge < -0.3 is 9.64 Å². The molecule has 0 aliphatic heterocycles. The predicted molar refractivity (Wildman–Crippen MR) is 119 cm³/mol. The van der Waals surface area contributed by atoms with Gasteiger partial charge in [0.05, 0.1) is 0 Å². The lowest BCUT2D eigenvalue weighted by Crippen LogP contribution is -2.20. The lowest BCUT2D eigenvalue weighted by molar-refractivity contribution is 0.357. The molecule has 0 aliphatic carbocycles. The van der Waals surface area contributed by atoms with E-state index in [1.54, 1.807) is 0 Å². The Morgan fingerprint density at radius 1 is 1.19 bits per heavy atom. The first kappa shape index (κ1) is 23.6. The Morgan fingerprint density at radius 2 is 1.89 bits per heavy atom. The molecule has 27 heavy (non-hydrogen) atoms. The summed E-state index contributed by atoms with van der Waals surface area (Å²) in [5, 5.41) is 0.583. The fourth-order valence-electron chi connectivity index (χ4n) is 2.45. The molecule has 1 aromatic heterocycles. The van der Waals surface area contributed by atoms with Gasteiger partial charge in [0, 0.05) is 18.1 Å². The van der Waals surface area contributed by atoms with Gasteiger partial charge in [-0.3, -0.25) is 0 Å². The first-order chi connectivity index (χ1) is 12.2. The van der Waals surface area contributed by atoms with E-state index in [0.717, 1.165) is 30.8 Å². The van der Waals surface area contributed by atoms with Crippen molar-refractivity contribution in [1.82, 2.24) is 14.3 Å². The molecule has 0 radical (unpaired) electrons. The number of rotatable bonds is 7. The molecule has 0 N–H and O–H groups in total. The number of aryl methyl sites for hydroxylation is 2. The number of halogens is 1. The number of benzene rings is 1. The molecule has 0 aliphatic rings. The van der Waals surface area contributed by atoms with Crippen LogP contribution in [0.4, 0.5) is 0 Å². The summed E-state index contributed by atoms with van der Waals surface area (Å²) in [5.74, 6) is 1.56. The van der Waals surface area contributed by atoms with Gasteiger partial charge in [-0.1, -0.05) is 39.8 Å². The second kappa shape index (κ2) is 10.2. The van der Waals surface area contributed by atoms with Crippen LogP contribution in [0, 0.1) is 19.3 Å². The van der Waals surface area contributed by atoms with E-state index < -0.39 is 0 Å². The van der Waals surface area contributed by atoms with Gasteiger partial charge in [0.1, 0.15) is 5.75 Å². The third-order valence-corrected chi connectivity index (χ3v) is 4.90. The molecule has 1 heterocycles. The number of aromatic nitrogens is 2. The van der Waals surface area contributed by atoms with Gasteiger partial charge in [-0.05, 0) is 68.1 Å². The third kappa shape index (κ3) is 7.60. The number of likely N-dealkylation sites (N-methyl/N-ethyl adjacent to an activating group) is 1. The Morgan fingerprint density at radius 3 is 2.52 bits per heavy atom. The summed E-state index contributed by atoms with van der Waals surface area (Å²) < 4.78 is 10.4. The summed E-state index contributed by atoms with van der Waals surface area (Å²) in [7, 11) is 2.15. The van der Waals surface area contributed by atoms with E-state index in [4.69, 9.17) is 4.74 Å². The number of ether oxygens (including phenoxy) is 1. The molecule has 1 aromatic carbocycles. The van der Waals surface area contributed by atoms with E-state index in [2.05, 4.69) is 81.1 Å². The van der Waals surface area contributed by atoms with Gasteiger partial charge in [-0.25, -0.2) is 0 Å². The zero-order valence-electron chi connectivity index (χ0n) is 17.5. The maximum atomic E-state index is 6.00. The highest BCUT2D eigenvalue weighted by Gasteiger charge is 2.11. The van der Waals surface area contributed by atoms with E-state index in [0.29, 0.717) is 11.0 Å². The fourth-order valence-corrected chi connectivity index (χ4v) is 2.98. The molecular weight excluding hydrogens is 378 g/mol. The quantitative estimate of drug-likeness (QED) is 0.568. The smallest absolute Gasteiger partial charge is 0.299 e. The zero-order chi connectivity index (χ0) is 19.3. The maximum Gasteiger partial charge on any atom is 0.299 e. The largest absolute Gasteiger partial charge is 0.430 e. The van der Waals surface area contributed by atoms with Crippen molar-refractivity contribution in [3.05, 3.63) is 40.7 Å². The van der Waals surface area contributed by atoms with Crippen LogP contribution in [0.5, 0.6) is 10.9 Å². The van der Waals surface area contributed by atoms with E-state index >= 15 is 0 Å². The Balaban J connectivity index is 0.00000364. The van der Waals surface area contributed by atoms with Gasteiger partial charge in [-0.2, -0.15) is 9.36 Å². The number of hydrogen-bond donors (Lipinski definition) is 0. The molecule has 0 atom stereocenters. The summed E-state index contributed by atoms with van der Waals surface area (Å²) in [4.78, 5) is 6.79. The van der Waals surface area contributed by atoms with Gasteiger partial charge in [0.25, 0.3) is 5.19 Å². The summed E-state index contributed by atoms with van der Waals surface area (Å²) in [6.07, 6.45) is 5.11. The van der Waals surface area contributed by atoms with Crippen molar-refractivity contribution < 1.29 is 4.74 Å². The molecule has 0 amide bonds. The molecule has 150 valence electrons. The molecule has 2 aromatic rings. The topological polar surface area (TPSA) is 38.2 Å². The van der Waals surface area contributed by atoms with Crippen LogP contribution in [-0.4, -0.2) is 34.4 Å². The third-order valence-electron chi connectivity index (χ3n) is 4.29. The van der Waals surface area contributed by atoms with Gasteiger partial charge in [0.15, 0.2) is 5.82 Å². The van der Waals surface area contributed by atoms with Crippen LogP contribution in [-0.2, 0) is 6.42 Å². The minimum Gasteiger partial charge on any atom is -0.430 e. The molecule has 0 unspecified atom stereocenters. The fraction of sp³-hybridized carbons (Fsp3) is 0.524. The van der Waals surface area contributed by atoms with Crippen LogP contribution in [0.15, 0.2) is 18.2 Å². The molecule has 2 rings (SSSR count). The highest BCUT2D eigenvalue weighted by Crippen LogP contribution is 2.29. The number of nitrogens with zero attached hydrogens (tertiary/aromatic N) is 3. The second-order valence-corrected chi connectivity index (χ2v) is 8.62. The Labute approximate surface area is 174 Å². The first-order valence-electron chi connectivity index (χ1n) is 9.17. The highest BCUT2D eigenvalue weighted by molar-refractivity contribution is 7.07. The minimum atomic E-state index is 0. The molecule has 0 fully saturated rings. The lowest BCUT2D eigenvalue weighted by atomic mass is 9.96. The zero-order valence-corrected chi connectivity index (χ0v) is 19.1. The van der Waals surface area contributed by atoms with Crippen molar-refractivity contribution in [2.75, 3.05) is 20.1 Å². The van der Waals surface area contributed by atoms with Crippen molar-refractivity contribution in [2.24, 2.45) is 5.41 Å². The van der Waals surface area contributed by atoms with E-state index in [-0.39, 0.29) is 17.8 Å². The van der Waals surface area contributed by atoms with Crippen molar-refractivity contribution in [3.8, 4) is 10.9 Å². The molecule has 6 heteroatoms. The monoisotopic (exact) mass is 409 g/mol. The Bertz CT molecular complexity index is 765. The van der Waals surface area contributed by atoms with Crippen molar-refractivity contribution in [1.29, 1.82) is 0 Å². The average molecular weight is 410 g/mol. The van der Waals surface area contributed by atoms with Crippen LogP contribution >= 0.6 is 23.9 Å². The molecule has 0 spiro atoms. The molecular formula is C21H32ClN3OS. The average Bonchev–Trinajstić information content (AvgIpc) is 3.01. The van der Waals surface area contributed by atoms with Crippen LogP contribution in [0.25, 0.3) is 6.08 Å².